The molecule has 26 nitrogen and oxygen atoms in total. The van der Waals surface area contributed by atoms with Gasteiger partial charge in [0.1, 0.15) is 6.10 Å². The summed E-state index contributed by atoms with van der Waals surface area (Å²) in [6.45, 7) is 24.7. The maximum atomic E-state index is 11.1. The number of esters is 1. The van der Waals surface area contributed by atoms with Crippen LogP contribution < -0.4 is 16.4 Å². The molecule has 1 saturated heterocycles. The van der Waals surface area contributed by atoms with Crippen LogP contribution in [0.3, 0.4) is 0 Å². The number of carbonyl (C=O) groups is 1. The topological polar surface area (TPSA) is 279 Å². The molecule has 0 spiro atoms. The molecule has 5 N–H and O–H groups in total. The molecule has 1 aliphatic rings. The first kappa shape index (κ1) is 97.9. The standard InChI is InChI=1S/C11H18O3Si.C10H20O5Si.C9H23NO4Si.C9H21NO3Si.C9H20O5Si.C8H22N2O2Si.C3H6/c1-12-15(13-2,14-3)10-9-11-7-5-4-6-8-11;1-9(2)10(11)15-7-6-8-16(12-3,13-4)14-5;1-10(7-8-11)6-5-9-15(12-2,13-3)14-4;1-5-7-10-8-6-9-14(11-2,12-3)13-4;1-10-15(11-2,12-3)6-4-5-13-7-9-8-14-9;1-11-13(3,12-2)8-4-6-10-7-5-9;1-3-2/h4-8H,9-10H2,1-3H3;1,6-8H2,2-5H3;11H,5-9H2,1-4H3;5,10H,1,6-9H2,2-4H3;9H,4-8H2,1-3H3;10H,4-9H2,1-3H3;3H,1H2,2H3. The van der Waals surface area contributed by atoms with Crippen LogP contribution in [0.5, 0.6) is 0 Å². The van der Waals surface area contributed by atoms with Crippen LogP contribution in [-0.4, -0.2) is 281 Å². The van der Waals surface area contributed by atoms with Gasteiger partial charge in [0.2, 0.25) is 0 Å². The fraction of sp³-hybridized carbons (Fsp3) is 0.780. The molecule has 0 amide bonds. The molecular formula is C59H130N4O22Si6. The number of likely N-dealkylation sites (N-methyl/N-ethyl adjacent to an activating group) is 1. The molecule has 2 rings (SSSR count). The number of ether oxygens (including phenoxy) is 3. The minimum atomic E-state index is -2.53. The molecule has 1 unspecified atom stereocenters. The summed E-state index contributed by atoms with van der Waals surface area (Å²) >= 11 is 0. The zero-order chi connectivity index (χ0) is 70.4. The fourth-order valence-corrected chi connectivity index (χ4v) is 17.5. The van der Waals surface area contributed by atoms with Crippen molar-refractivity contribution in [1.82, 2.24) is 15.5 Å². The molecule has 1 aliphatic heterocycles. The lowest BCUT2D eigenvalue weighted by molar-refractivity contribution is -0.139. The highest BCUT2D eigenvalue weighted by atomic mass is 28.4. The van der Waals surface area contributed by atoms with Gasteiger partial charge in [0, 0.05) is 189 Å². The summed E-state index contributed by atoms with van der Waals surface area (Å²) in [7, 11) is 15.8. The number of aryl methyl sites for hydroxylation is 1. The van der Waals surface area contributed by atoms with Gasteiger partial charge in [0.15, 0.2) is 0 Å². The Kier molecular flexibility index (Phi) is 69.1. The Morgan fingerprint density at radius 1 is 0.593 bits per heavy atom. The van der Waals surface area contributed by atoms with E-state index in [1.54, 1.807) is 134 Å². The average Bonchev–Trinajstić information content (AvgIpc) is 4.20. The highest BCUT2D eigenvalue weighted by Gasteiger charge is 2.40. The van der Waals surface area contributed by atoms with Crippen molar-refractivity contribution in [3.05, 3.63) is 73.4 Å². The van der Waals surface area contributed by atoms with E-state index in [0.29, 0.717) is 57.1 Å². The van der Waals surface area contributed by atoms with E-state index in [4.69, 9.17) is 100 Å². The monoisotopic (exact) mass is 1410 g/mol. The van der Waals surface area contributed by atoms with E-state index in [-0.39, 0.29) is 12.6 Å². The summed E-state index contributed by atoms with van der Waals surface area (Å²) in [4.78, 5) is 13.1. The minimum Gasteiger partial charge on any atom is -0.462 e. The summed E-state index contributed by atoms with van der Waals surface area (Å²) in [5, 5.41) is 15.2. The average molecular weight is 1420 g/mol. The Labute approximate surface area is 558 Å². The van der Waals surface area contributed by atoms with E-state index in [1.165, 1.54) is 5.56 Å². The van der Waals surface area contributed by atoms with E-state index >= 15 is 0 Å². The van der Waals surface area contributed by atoms with Gasteiger partial charge < -0.3 is 116 Å². The second-order valence-electron chi connectivity index (χ2n) is 19.9. The Morgan fingerprint density at radius 2 is 0.978 bits per heavy atom. The van der Waals surface area contributed by atoms with Gasteiger partial charge in [-0.2, -0.15) is 0 Å². The first-order valence-electron chi connectivity index (χ1n) is 30.5. The van der Waals surface area contributed by atoms with Crippen LogP contribution in [0.4, 0.5) is 0 Å². The molecule has 0 bridgehead atoms. The molecule has 0 radical (unpaired) electrons. The molecule has 91 heavy (non-hydrogen) atoms. The molecule has 32 heteroatoms. The van der Waals surface area contributed by atoms with E-state index in [9.17, 15) is 4.79 Å². The molecule has 1 aromatic carbocycles. The molecule has 0 saturated carbocycles. The predicted molar refractivity (Wildman–Crippen MR) is 373 cm³/mol. The first-order valence-corrected chi connectivity index (χ1v) is 42.7. The van der Waals surface area contributed by atoms with Gasteiger partial charge in [-0.15, -0.1) is 13.2 Å². The van der Waals surface area contributed by atoms with E-state index in [2.05, 4.69) is 54.0 Å². The molecule has 0 aromatic heterocycles. The largest absolute Gasteiger partial charge is 0.500 e. The highest BCUT2D eigenvalue weighted by Crippen LogP contribution is 2.20. The first-order chi connectivity index (χ1) is 43.5. The molecule has 1 fully saturated rings. The van der Waals surface area contributed by atoms with Gasteiger partial charge in [0.25, 0.3) is 0 Å². The minimum absolute atomic E-state index is 0.192. The summed E-state index contributed by atoms with van der Waals surface area (Å²) < 4.78 is 106. The van der Waals surface area contributed by atoms with Crippen LogP contribution >= 0.6 is 0 Å². The van der Waals surface area contributed by atoms with E-state index < -0.39 is 52.6 Å². The van der Waals surface area contributed by atoms with Crippen molar-refractivity contribution in [1.29, 1.82) is 0 Å². The number of epoxide rings is 1. The third-order valence-electron chi connectivity index (χ3n) is 13.7. The van der Waals surface area contributed by atoms with Crippen molar-refractivity contribution >= 4 is 58.6 Å². The van der Waals surface area contributed by atoms with Gasteiger partial charge in [-0.3, -0.25) is 0 Å². The number of aliphatic hydroxyl groups excluding tert-OH is 1. The Balaban J connectivity index is -0.000000322. The lowest BCUT2D eigenvalue weighted by atomic mass is 10.2. The predicted octanol–water partition coefficient (Wildman–Crippen LogP) is 6.84. The van der Waals surface area contributed by atoms with Crippen LogP contribution in [0.1, 0.15) is 51.5 Å². The Hall–Kier alpha value is -1.75. The van der Waals surface area contributed by atoms with Gasteiger partial charge in [0.05, 0.1) is 26.4 Å². The number of carbonyl (C=O) groups excluding carboxylic acids is 1. The Bertz CT molecular complexity index is 1740. The number of aliphatic hydroxyl groups is 1. The van der Waals surface area contributed by atoms with Crippen molar-refractivity contribution in [3.8, 4) is 0 Å². The normalized spacial score (nSPS) is 13.0. The van der Waals surface area contributed by atoms with Crippen molar-refractivity contribution in [3.63, 3.8) is 0 Å². The van der Waals surface area contributed by atoms with Crippen molar-refractivity contribution in [2.45, 2.75) is 101 Å². The van der Waals surface area contributed by atoms with Crippen molar-refractivity contribution in [2.75, 3.05) is 207 Å². The number of nitrogens with two attached hydrogens (primary N) is 1. The zero-order valence-electron chi connectivity index (χ0n) is 60.3. The Morgan fingerprint density at radius 3 is 1.35 bits per heavy atom. The maximum Gasteiger partial charge on any atom is 0.500 e. The molecule has 542 valence electrons. The number of hydrogen-bond donors (Lipinski definition) is 4. The van der Waals surface area contributed by atoms with Crippen LogP contribution in [0.15, 0.2) is 67.8 Å². The maximum absolute atomic E-state index is 11.1. The van der Waals surface area contributed by atoms with Crippen molar-refractivity contribution < 1.29 is 99.4 Å². The molecule has 0 aliphatic carbocycles. The quantitative estimate of drug-likeness (QED) is 0.0130. The fourth-order valence-electron chi connectivity index (χ4n) is 7.60. The second kappa shape index (κ2) is 64.3. The van der Waals surface area contributed by atoms with Gasteiger partial charge in [-0.05, 0) is 97.2 Å². The lowest BCUT2D eigenvalue weighted by Crippen LogP contribution is -2.43. The number of hydrogen-bond acceptors (Lipinski definition) is 26. The van der Waals surface area contributed by atoms with Gasteiger partial charge in [-0.1, -0.05) is 49.1 Å². The van der Waals surface area contributed by atoms with Crippen molar-refractivity contribution in [2.24, 2.45) is 5.73 Å². The van der Waals surface area contributed by atoms with Crippen LogP contribution in [-0.2, 0) is 101 Å². The number of nitrogens with zero attached hydrogens (tertiary/aromatic N) is 1. The summed E-state index contributed by atoms with van der Waals surface area (Å²) in [6, 6.07) is 15.1. The molecule has 1 atom stereocenters. The summed E-state index contributed by atoms with van der Waals surface area (Å²) in [6.07, 6.45) is 9.38. The van der Waals surface area contributed by atoms with E-state index in [1.807, 2.05) is 38.2 Å². The number of rotatable bonds is 49. The number of benzene rings is 1. The molecule has 1 heterocycles. The van der Waals surface area contributed by atoms with Gasteiger partial charge in [-0.25, -0.2) is 4.79 Å². The van der Waals surface area contributed by atoms with Gasteiger partial charge >= 0.3 is 58.6 Å². The SMILES string of the molecule is C=C(C)C(=O)OCCC[Si](OC)(OC)OC.C=CC.C=CCNCCC[Si](OC)(OC)OC.CO[Si](C)(CCCNCCN)OC.CO[Si](CCCN(C)CCO)(OC)OC.CO[Si](CCCOCC1CO1)(OC)OC.CO[Si](CCc1ccccc1)(OC)OC. The summed E-state index contributed by atoms with van der Waals surface area (Å²) in [5.74, 6) is -0.375. The smallest absolute Gasteiger partial charge is 0.462 e. The number of nitrogens with one attached hydrogen (secondary N) is 2. The third kappa shape index (κ3) is 51.2. The third-order valence-corrected chi connectivity index (χ3v) is 30.8. The lowest BCUT2D eigenvalue weighted by Gasteiger charge is -2.25. The number of allylic oxidation sites excluding steroid dienone is 1. The molecule has 1 aromatic rings. The van der Waals surface area contributed by atoms with E-state index in [0.717, 1.165) is 102 Å². The zero-order valence-corrected chi connectivity index (χ0v) is 66.3. The van der Waals surface area contributed by atoms with Crippen LogP contribution in [0, 0.1) is 0 Å². The van der Waals surface area contributed by atoms with Crippen LogP contribution in [0.25, 0.3) is 0 Å². The molecular weight excluding hydrogens is 1290 g/mol. The van der Waals surface area contributed by atoms with Crippen LogP contribution in [0.2, 0.25) is 42.8 Å². The highest BCUT2D eigenvalue weighted by molar-refractivity contribution is 6.66. The second-order valence-corrected chi connectivity index (χ2v) is 39.0. The summed E-state index contributed by atoms with van der Waals surface area (Å²) in [5.41, 5.74) is 7.02.